The summed E-state index contributed by atoms with van der Waals surface area (Å²) in [6.07, 6.45) is 5.17. The van der Waals surface area contributed by atoms with Crippen LogP contribution in [0.25, 0.3) is 5.70 Å². The lowest BCUT2D eigenvalue weighted by Crippen LogP contribution is -2.72. The second-order valence-corrected chi connectivity index (χ2v) is 13.0. The molecule has 1 saturated carbocycles. The van der Waals surface area contributed by atoms with Crippen LogP contribution in [0.15, 0.2) is 102 Å². The van der Waals surface area contributed by atoms with Crippen molar-refractivity contribution in [2.45, 2.75) is 70.1 Å². The van der Waals surface area contributed by atoms with Gasteiger partial charge in [-0.1, -0.05) is 106 Å². The highest BCUT2D eigenvalue weighted by molar-refractivity contribution is 6.41. The molecule has 3 amide bonds. The number of hydrogen-bond donors (Lipinski definition) is 1. The van der Waals surface area contributed by atoms with Crippen molar-refractivity contribution in [1.29, 1.82) is 0 Å². The predicted molar refractivity (Wildman–Crippen MR) is 179 cm³/mol. The third kappa shape index (κ3) is 6.10. The molecule has 9 nitrogen and oxygen atoms in total. The van der Waals surface area contributed by atoms with E-state index in [4.69, 9.17) is 9.73 Å². The number of nitrogens with zero attached hydrogens (tertiary/aromatic N) is 3. The lowest BCUT2D eigenvalue weighted by molar-refractivity contribution is -0.149. The first-order valence-electron chi connectivity index (χ1n) is 16.2. The average Bonchev–Trinajstić information content (AvgIpc) is 3.73. The van der Waals surface area contributed by atoms with Gasteiger partial charge < -0.3 is 15.0 Å². The van der Waals surface area contributed by atoms with Crippen LogP contribution in [-0.4, -0.2) is 63.1 Å². The Hall–Kier alpha value is -5.05. The molecule has 0 saturated heterocycles. The first kappa shape index (κ1) is 31.9. The maximum absolute atomic E-state index is 15.2. The summed E-state index contributed by atoms with van der Waals surface area (Å²) in [5, 5.41) is 2.94. The Morgan fingerprint density at radius 1 is 0.936 bits per heavy atom. The van der Waals surface area contributed by atoms with Crippen molar-refractivity contribution in [2.75, 3.05) is 6.61 Å². The van der Waals surface area contributed by atoms with E-state index in [0.717, 1.165) is 25.7 Å². The predicted octanol–water partition coefficient (Wildman–Crippen LogP) is 5.38. The highest BCUT2D eigenvalue weighted by Crippen LogP contribution is 2.41. The Morgan fingerprint density at radius 2 is 1.53 bits per heavy atom. The van der Waals surface area contributed by atoms with E-state index in [2.05, 4.69) is 5.32 Å². The van der Waals surface area contributed by atoms with Gasteiger partial charge >= 0.3 is 0 Å². The van der Waals surface area contributed by atoms with Crippen LogP contribution in [0, 0.1) is 5.92 Å². The number of rotatable bonds is 9. The number of amides is 3. The van der Waals surface area contributed by atoms with Gasteiger partial charge in [0.25, 0.3) is 23.5 Å². The number of nitrogens with one attached hydrogen (secondary N) is 1. The van der Waals surface area contributed by atoms with Crippen molar-refractivity contribution < 1.29 is 23.9 Å². The fraction of sp³-hybridized carbons (Fsp3) is 0.342. The Bertz CT molecular complexity index is 1710. The van der Waals surface area contributed by atoms with Crippen molar-refractivity contribution in [3.63, 3.8) is 0 Å². The van der Waals surface area contributed by atoms with E-state index in [-0.39, 0.29) is 30.8 Å². The van der Waals surface area contributed by atoms with Crippen LogP contribution in [0.5, 0.6) is 0 Å². The van der Waals surface area contributed by atoms with Crippen molar-refractivity contribution in [2.24, 2.45) is 10.9 Å². The number of ether oxygens (including phenoxy) is 1. The van der Waals surface area contributed by atoms with Gasteiger partial charge in [0.1, 0.15) is 12.6 Å². The van der Waals surface area contributed by atoms with Crippen LogP contribution in [0.2, 0.25) is 0 Å². The normalized spacial score (nSPS) is 20.0. The molecule has 1 unspecified atom stereocenters. The van der Waals surface area contributed by atoms with Crippen LogP contribution in [0.4, 0.5) is 0 Å². The molecule has 0 aromatic heterocycles. The first-order chi connectivity index (χ1) is 22.6. The minimum Gasteiger partial charge on any atom is -0.473 e. The van der Waals surface area contributed by atoms with E-state index in [0.29, 0.717) is 22.4 Å². The van der Waals surface area contributed by atoms with Gasteiger partial charge in [0.15, 0.2) is 5.66 Å². The van der Waals surface area contributed by atoms with E-state index in [9.17, 15) is 9.59 Å². The van der Waals surface area contributed by atoms with Gasteiger partial charge in [-0.15, -0.1) is 0 Å². The molecular formula is C38H40N4O5. The van der Waals surface area contributed by atoms with Gasteiger partial charge in [-0.3, -0.25) is 24.1 Å². The van der Waals surface area contributed by atoms with Gasteiger partial charge in [-0.25, -0.2) is 4.99 Å². The lowest BCUT2D eigenvalue weighted by atomic mass is 9.87. The summed E-state index contributed by atoms with van der Waals surface area (Å²) in [6, 6.07) is 26.2. The SMILES string of the molecule is CC(=O)N[C@](Cc1ccccc1)(C(=O)C1=NC2(CCCC2)CO1)N1C(=O)C(C(C)C)N(C(=O)c2ccccc2)C=C1c1ccccc1. The fourth-order valence-corrected chi connectivity index (χ4v) is 7.03. The molecule has 3 aromatic rings. The fourth-order valence-electron chi connectivity index (χ4n) is 7.03. The molecule has 1 N–H and O–H groups in total. The van der Waals surface area contributed by atoms with E-state index in [1.165, 1.54) is 16.7 Å². The summed E-state index contributed by atoms with van der Waals surface area (Å²) in [6.45, 7) is 5.33. The van der Waals surface area contributed by atoms with Gasteiger partial charge in [0.2, 0.25) is 5.91 Å². The summed E-state index contributed by atoms with van der Waals surface area (Å²) >= 11 is 0. The van der Waals surface area contributed by atoms with Gasteiger partial charge in [-0.2, -0.15) is 0 Å². The summed E-state index contributed by atoms with van der Waals surface area (Å²) in [5.74, 6) is -2.42. The molecule has 9 heteroatoms. The molecular weight excluding hydrogens is 592 g/mol. The standard InChI is InChI=1S/C38H40N4O5/c1-26(2)32-36(46)42(31(29-17-9-5-10-18-29)24-41(32)35(45)30-19-11-6-12-20-30)38(39-27(3)43,23-28-15-7-4-8-16-28)33(44)34-40-37(25-47-34)21-13-14-22-37/h4-12,15-20,24,26,32H,13-14,21-23,25H2,1-3H3,(H,39,43)/t32?,38-/m0/s1. The molecule has 2 aliphatic heterocycles. The molecule has 2 atom stereocenters. The molecule has 1 spiro atoms. The van der Waals surface area contributed by atoms with Gasteiger partial charge in [0.05, 0.1) is 11.2 Å². The molecule has 3 aliphatic rings. The molecule has 242 valence electrons. The maximum atomic E-state index is 15.2. The van der Waals surface area contributed by atoms with Crippen LogP contribution in [-0.2, 0) is 25.5 Å². The quantitative estimate of drug-likeness (QED) is 0.341. The van der Waals surface area contributed by atoms with Crippen molar-refractivity contribution in [1.82, 2.24) is 15.1 Å². The monoisotopic (exact) mass is 632 g/mol. The molecule has 0 radical (unpaired) electrons. The van der Waals surface area contributed by atoms with E-state index >= 15 is 9.59 Å². The lowest BCUT2D eigenvalue weighted by Gasteiger charge is -2.49. The zero-order chi connectivity index (χ0) is 33.2. The molecule has 47 heavy (non-hydrogen) atoms. The zero-order valence-electron chi connectivity index (χ0n) is 27.0. The van der Waals surface area contributed by atoms with Crippen molar-refractivity contribution >= 4 is 35.1 Å². The summed E-state index contributed by atoms with van der Waals surface area (Å²) in [5.41, 5.74) is -0.428. The zero-order valence-corrected chi connectivity index (χ0v) is 27.0. The minimum atomic E-state index is -1.97. The summed E-state index contributed by atoms with van der Waals surface area (Å²) < 4.78 is 6.06. The Morgan fingerprint density at radius 3 is 2.13 bits per heavy atom. The average molecular weight is 633 g/mol. The van der Waals surface area contributed by atoms with E-state index < -0.39 is 34.8 Å². The van der Waals surface area contributed by atoms with Crippen molar-refractivity contribution in [3.8, 4) is 0 Å². The first-order valence-corrected chi connectivity index (χ1v) is 16.2. The largest absolute Gasteiger partial charge is 0.473 e. The van der Waals surface area contributed by atoms with E-state index in [1.807, 2.05) is 80.6 Å². The minimum absolute atomic E-state index is 0.0605. The Labute approximate surface area is 275 Å². The smallest absolute Gasteiger partial charge is 0.263 e. The van der Waals surface area contributed by atoms with Crippen LogP contribution in [0.1, 0.15) is 67.9 Å². The number of hydrogen-bond acceptors (Lipinski definition) is 6. The number of ketones is 1. The van der Waals surface area contributed by atoms with Gasteiger partial charge in [0, 0.05) is 25.1 Å². The Kier molecular flexibility index (Phi) is 8.82. The topological polar surface area (TPSA) is 108 Å². The number of benzene rings is 3. The molecule has 3 aromatic carbocycles. The highest BCUT2D eigenvalue weighted by atomic mass is 16.5. The van der Waals surface area contributed by atoms with Crippen LogP contribution >= 0.6 is 0 Å². The molecule has 1 fully saturated rings. The number of Topliss-reactive ketones (excluding diaryl/α,β-unsaturated/α-hetero) is 1. The Balaban J connectivity index is 1.60. The van der Waals surface area contributed by atoms with Gasteiger partial charge in [-0.05, 0) is 42.0 Å². The molecule has 6 rings (SSSR count). The van der Waals surface area contributed by atoms with E-state index in [1.54, 1.807) is 30.5 Å². The number of carbonyl (C=O) groups excluding carboxylic acids is 4. The number of aliphatic imine (C=N–C) groups is 1. The van der Waals surface area contributed by atoms with Crippen LogP contribution in [0.3, 0.4) is 0 Å². The molecule has 0 bridgehead atoms. The van der Waals surface area contributed by atoms with Crippen LogP contribution < -0.4 is 5.32 Å². The number of carbonyl (C=O) groups is 4. The second-order valence-electron chi connectivity index (χ2n) is 13.0. The third-order valence-electron chi connectivity index (χ3n) is 9.22. The summed E-state index contributed by atoms with van der Waals surface area (Å²) in [7, 11) is 0. The summed E-state index contributed by atoms with van der Waals surface area (Å²) in [4.78, 5) is 65.3. The molecule has 2 heterocycles. The maximum Gasteiger partial charge on any atom is 0.263 e. The third-order valence-corrected chi connectivity index (χ3v) is 9.22. The highest BCUT2D eigenvalue weighted by Gasteiger charge is 2.57. The second kappa shape index (κ2) is 13.0. The van der Waals surface area contributed by atoms with Crippen molar-refractivity contribution in [3.05, 3.63) is 114 Å². The molecule has 1 aliphatic carbocycles.